The fraction of sp³-hybridized carbons (Fsp3) is 0.615. The van der Waals surface area contributed by atoms with Crippen LogP contribution in [0.5, 0.6) is 5.75 Å². The molecule has 8 heteroatoms. The van der Waals surface area contributed by atoms with E-state index in [2.05, 4.69) is 40.2 Å². The zero-order valence-electron chi connectivity index (χ0n) is 20.5. The van der Waals surface area contributed by atoms with Crippen LogP contribution in [0.3, 0.4) is 0 Å². The summed E-state index contributed by atoms with van der Waals surface area (Å²) < 4.78 is 12.9. The third-order valence-electron chi connectivity index (χ3n) is 7.50. The van der Waals surface area contributed by atoms with Gasteiger partial charge in [-0.3, -0.25) is 19.3 Å². The molecule has 0 spiro atoms. The second-order valence-electron chi connectivity index (χ2n) is 9.63. The SMILES string of the molecule is CCN1CCCC1CNC(=O)c1nn(CCOC)c2c1CN(Cc1ccc3c(c1)CCO3)CC2. The number of fused-ring (bicyclic) bond motifs is 2. The number of ether oxygens (including phenoxy) is 2. The number of benzene rings is 1. The molecule has 3 aliphatic rings. The van der Waals surface area contributed by atoms with Gasteiger partial charge in [0.1, 0.15) is 5.75 Å². The van der Waals surface area contributed by atoms with E-state index in [4.69, 9.17) is 14.6 Å². The number of likely N-dealkylation sites (tertiary alicyclic amines) is 1. The number of hydrogen-bond acceptors (Lipinski definition) is 6. The molecule has 0 saturated carbocycles. The molecule has 5 rings (SSSR count). The molecule has 4 heterocycles. The molecule has 1 amide bonds. The summed E-state index contributed by atoms with van der Waals surface area (Å²) in [7, 11) is 1.70. The maximum atomic E-state index is 13.3. The Labute approximate surface area is 202 Å². The van der Waals surface area contributed by atoms with Crippen molar-refractivity contribution in [3.05, 3.63) is 46.3 Å². The van der Waals surface area contributed by atoms with Gasteiger partial charge in [0.2, 0.25) is 0 Å². The first-order valence-electron chi connectivity index (χ1n) is 12.7. The molecule has 1 atom stereocenters. The molecule has 34 heavy (non-hydrogen) atoms. The van der Waals surface area contributed by atoms with Crippen LogP contribution < -0.4 is 10.1 Å². The first-order chi connectivity index (χ1) is 16.7. The van der Waals surface area contributed by atoms with Gasteiger partial charge in [-0.05, 0) is 43.1 Å². The Balaban J connectivity index is 1.31. The van der Waals surface area contributed by atoms with Crippen LogP contribution in [-0.4, -0.2) is 78.0 Å². The van der Waals surface area contributed by atoms with Crippen molar-refractivity contribution < 1.29 is 14.3 Å². The first-order valence-corrected chi connectivity index (χ1v) is 12.7. The van der Waals surface area contributed by atoms with Gasteiger partial charge in [0.05, 0.1) is 19.8 Å². The lowest BCUT2D eigenvalue weighted by atomic mass is 10.0. The van der Waals surface area contributed by atoms with Gasteiger partial charge in [0, 0.05) is 63.4 Å². The Morgan fingerprint density at radius 3 is 3.06 bits per heavy atom. The Morgan fingerprint density at radius 1 is 1.29 bits per heavy atom. The average molecular weight is 468 g/mol. The topological polar surface area (TPSA) is 71.9 Å². The van der Waals surface area contributed by atoms with Crippen molar-refractivity contribution in [1.29, 1.82) is 0 Å². The normalized spacial score (nSPS) is 20.2. The number of likely N-dealkylation sites (N-methyl/N-ethyl adjacent to an activating group) is 1. The molecule has 1 aromatic heterocycles. The number of nitrogens with zero attached hydrogens (tertiary/aromatic N) is 4. The highest BCUT2D eigenvalue weighted by Crippen LogP contribution is 2.28. The Kier molecular flexibility index (Phi) is 7.18. The van der Waals surface area contributed by atoms with Crippen molar-refractivity contribution in [1.82, 2.24) is 24.9 Å². The van der Waals surface area contributed by atoms with Crippen molar-refractivity contribution in [3.63, 3.8) is 0 Å². The van der Waals surface area contributed by atoms with E-state index in [1.54, 1.807) is 7.11 Å². The molecule has 1 unspecified atom stereocenters. The molecule has 0 aliphatic carbocycles. The van der Waals surface area contributed by atoms with Crippen LogP contribution in [-0.2, 0) is 37.2 Å². The van der Waals surface area contributed by atoms with Crippen molar-refractivity contribution in [2.75, 3.05) is 46.5 Å². The van der Waals surface area contributed by atoms with E-state index in [1.165, 1.54) is 23.2 Å². The van der Waals surface area contributed by atoms with Crippen LogP contribution in [0.2, 0.25) is 0 Å². The minimum absolute atomic E-state index is 0.0492. The molecule has 0 radical (unpaired) electrons. The summed E-state index contributed by atoms with van der Waals surface area (Å²) in [6.45, 7) is 9.63. The fourth-order valence-electron chi connectivity index (χ4n) is 5.66. The number of aromatic nitrogens is 2. The molecule has 1 saturated heterocycles. The number of amides is 1. The lowest BCUT2D eigenvalue weighted by molar-refractivity contribution is 0.0932. The van der Waals surface area contributed by atoms with Crippen LogP contribution in [0.1, 0.15) is 52.6 Å². The number of methoxy groups -OCH3 is 1. The minimum atomic E-state index is -0.0492. The van der Waals surface area contributed by atoms with E-state index in [1.807, 2.05) is 4.68 Å². The van der Waals surface area contributed by atoms with Crippen molar-refractivity contribution >= 4 is 5.91 Å². The average Bonchev–Trinajstić information content (AvgIpc) is 3.59. The summed E-state index contributed by atoms with van der Waals surface area (Å²) in [6, 6.07) is 6.96. The van der Waals surface area contributed by atoms with Gasteiger partial charge in [-0.15, -0.1) is 0 Å². The zero-order valence-corrected chi connectivity index (χ0v) is 20.5. The Hall–Kier alpha value is -2.42. The summed E-state index contributed by atoms with van der Waals surface area (Å²) in [6.07, 6.45) is 4.23. The van der Waals surface area contributed by atoms with Crippen molar-refractivity contribution in [3.8, 4) is 5.75 Å². The molecule has 0 bridgehead atoms. The summed E-state index contributed by atoms with van der Waals surface area (Å²) in [5.41, 5.74) is 5.43. The number of hydrogen-bond donors (Lipinski definition) is 1. The Morgan fingerprint density at radius 2 is 2.21 bits per heavy atom. The summed E-state index contributed by atoms with van der Waals surface area (Å²) in [5, 5.41) is 7.97. The van der Waals surface area contributed by atoms with Crippen LogP contribution in [0.15, 0.2) is 18.2 Å². The smallest absolute Gasteiger partial charge is 0.272 e. The van der Waals surface area contributed by atoms with Gasteiger partial charge in [0.25, 0.3) is 5.91 Å². The quantitative estimate of drug-likeness (QED) is 0.610. The predicted octanol–water partition coefficient (Wildman–Crippen LogP) is 2.24. The van der Waals surface area contributed by atoms with E-state index < -0.39 is 0 Å². The Bertz CT molecular complexity index is 1020. The van der Waals surface area contributed by atoms with Crippen molar-refractivity contribution in [2.24, 2.45) is 0 Å². The summed E-state index contributed by atoms with van der Waals surface area (Å²) in [5.74, 6) is 0.971. The third-order valence-corrected chi connectivity index (χ3v) is 7.50. The van der Waals surface area contributed by atoms with E-state index in [0.717, 1.165) is 69.9 Å². The molecular weight excluding hydrogens is 430 g/mol. The first kappa shape index (κ1) is 23.3. The van der Waals surface area contributed by atoms with E-state index >= 15 is 0 Å². The highest BCUT2D eigenvalue weighted by atomic mass is 16.5. The maximum Gasteiger partial charge on any atom is 0.272 e. The maximum absolute atomic E-state index is 13.3. The van der Waals surface area contributed by atoms with Gasteiger partial charge in [-0.2, -0.15) is 5.10 Å². The van der Waals surface area contributed by atoms with Crippen LogP contribution in [0.25, 0.3) is 0 Å². The second-order valence-corrected chi connectivity index (χ2v) is 9.63. The van der Waals surface area contributed by atoms with Gasteiger partial charge < -0.3 is 14.8 Å². The summed E-state index contributed by atoms with van der Waals surface area (Å²) >= 11 is 0. The molecule has 8 nitrogen and oxygen atoms in total. The number of rotatable bonds is 9. The van der Waals surface area contributed by atoms with Gasteiger partial charge in [-0.1, -0.05) is 19.1 Å². The largest absolute Gasteiger partial charge is 0.493 e. The third kappa shape index (κ3) is 4.85. The molecular formula is C26H37N5O3. The minimum Gasteiger partial charge on any atom is -0.493 e. The number of nitrogens with one attached hydrogen (secondary N) is 1. The monoisotopic (exact) mass is 467 g/mol. The zero-order chi connectivity index (χ0) is 23.5. The standard InChI is InChI=1S/C26H37N5O3/c1-3-30-10-4-5-21(30)16-27-26(32)25-22-18-29(11-8-23(22)31(28-25)12-14-33-2)17-19-6-7-24-20(15-19)9-13-34-24/h6-7,15,21H,3-5,8-14,16-18H2,1-2H3,(H,27,32). The highest BCUT2D eigenvalue weighted by molar-refractivity contribution is 5.94. The fourth-order valence-corrected chi connectivity index (χ4v) is 5.66. The lowest BCUT2D eigenvalue weighted by Gasteiger charge is -2.28. The predicted molar refractivity (Wildman–Crippen MR) is 130 cm³/mol. The molecule has 184 valence electrons. The molecule has 1 N–H and O–H groups in total. The second kappa shape index (κ2) is 10.5. The van der Waals surface area contributed by atoms with Crippen LogP contribution >= 0.6 is 0 Å². The van der Waals surface area contributed by atoms with Crippen LogP contribution in [0, 0.1) is 0 Å². The molecule has 3 aliphatic heterocycles. The van der Waals surface area contributed by atoms with Crippen molar-refractivity contribution in [2.45, 2.75) is 58.3 Å². The lowest BCUT2D eigenvalue weighted by Crippen LogP contribution is -2.40. The van der Waals surface area contributed by atoms with Gasteiger partial charge >= 0.3 is 0 Å². The molecule has 2 aromatic rings. The van der Waals surface area contributed by atoms with E-state index in [-0.39, 0.29) is 5.91 Å². The highest BCUT2D eigenvalue weighted by Gasteiger charge is 2.29. The molecule has 1 fully saturated rings. The summed E-state index contributed by atoms with van der Waals surface area (Å²) in [4.78, 5) is 18.2. The van der Waals surface area contributed by atoms with E-state index in [0.29, 0.717) is 31.4 Å². The van der Waals surface area contributed by atoms with E-state index in [9.17, 15) is 4.79 Å². The number of carbonyl (C=O) groups excluding carboxylic acids is 1. The van der Waals surface area contributed by atoms with Crippen LogP contribution in [0.4, 0.5) is 0 Å². The number of carbonyl (C=O) groups is 1. The van der Waals surface area contributed by atoms with Gasteiger partial charge in [-0.25, -0.2) is 0 Å². The molecule has 1 aromatic carbocycles. The van der Waals surface area contributed by atoms with Gasteiger partial charge in [0.15, 0.2) is 5.69 Å².